The lowest BCUT2D eigenvalue weighted by Crippen LogP contribution is -2.67. The van der Waals surface area contributed by atoms with Crippen LogP contribution in [0.5, 0.6) is 11.8 Å². The van der Waals surface area contributed by atoms with Crippen molar-refractivity contribution in [3.8, 4) is 22.9 Å². The maximum atomic E-state index is 16.5. The number of phenols is 1. The molecule has 200 valence electrons. The Bertz CT molecular complexity index is 1660. The third kappa shape index (κ3) is 3.41. The number of phenolic OH excluding ortho intramolecular Hbond substituents is 1. The third-order valence-corrected chi connectivity index (χ3v) is 8.60. The maximum absolute atomic E-state index is 16.5. The zero-order valence-corrected chi connectivity index (χ0v) is 21.1. The van der Waals surface area contributed by atoms with Crippen molar-refractivity contribution in [1.82, 2.24) is 20.2 Å². The number of methoxy groups -OCH3 is 1. The molecule has 1 aliphatic carbocycles. The minimum absolute atomic E-state index is 0.00619. The van der Waals surface area contributed by atoms with E-state index in [1.54, 1.807) is 18.2 Å². The number of fused-ring (bicyclic) bond motifs is 4. The van der Waals surface area contributed by atoms with Gasteiger partial charge in [0.1, 0.15) is 16.8 Å². The zero-order valence-electron chi connectivity index (χ0n) is 21.1. The fraction of sp³-hybridized carbons (Fsp3) is 0.345. The second kappa shape index (κ2) is 8.49. The van der Waals surface area contributed by atoms with Gasteiger partial charge in [0.15, 0.2) is 5.82 Å². The molecule has 10 heteroatoms. The van der Waals surface area contributed by atoms with Gasteiger partial charge in [0.05, 0.1) is 24.9 Å². The Morgan fingerprint density at radius 1 is 1.13 bits per heavy atom. The van der Waals surface area contributed by atoms with E-state index in [-0.39, 0.29) is 41.2 Å². The molecule has 0 radical (unpaired) electrons. The SMILES string of the molecule is COc1nc(C23CC(O)C(CNC2C2CC2)N3C(=O)O)c2ccc(-c3cc(O)cc4ccccc34)c(F)c2n1. The van der Waals surface area contributed by atoms with Crippen LogP contribution in [0.2, 0.25) is 0 Å². The monoisotopic (exact) mass is 530 g/mol. The second-order valence-corrected chi connectivity index (χ2v) is 10.7. The van der Waals surface area contributed by atoms with Gasteiger partial charge in [0.25, 0.3) is 0 Å². The van der Waals surface area contributed by atoms with E-state index in [9.17, 15) is 20.1 Å². The summed E-state index contributed by atoms with van der Waals surface area (Å²) in [5.41, 5.74) is -0.182. The fourth-order valence-corrected chi connectivity index (χ4v) is 6.89. The summed E-state index contributed by atoms with van der Waals surface area (Å²) < 4.78 is 21.9. The number of hydrogen-bond donors (Lipinski definition) is 4. The van der Waals surface area contributed by atoms with Gasteiger partial charge in [-0.15, -0.1) is 0 Å². The molecule has 3 aromatic carbocycles. The molecule has 7 rings (SSSR count). The van der Waals surface area contributed by atoms with Crippen molar-refractivity contribution in [2.24, 2.45) is 5.92 Å². The van der Waals surface area contributed by atoms with Crippen LogP contribution >= 0.6 is 0 Å². The number of hydrogen-bond acceptors (Lipinski definition) is 7. The summed E-state index contributed by atoms with van der Waals surface area (Å²) in [5, 5.41) is 37.1. The van der Waals surface area contributed by atoms with Gasteiger partial charge < -0.3 is 25.4 Å². The summed E-state index contributed by atoms with van der Waals surface area (Å²) >= 11 is 0. The van der Waals surface area contributed by atoms with Crippen LogP contribution in [-0.4, -0.2) is 68.1 Å². The first-order valence-corrected chi connectivity index (χ1v) is 13.0. The molecule has 4 atom stereocenters. The van der Waals surface area contributed by atoms with Gasteiger partial charge >= 0.3 is 12.1 Å². The highest BCUT2D eigenvalue weighted by Gasteiger charge is 2.65. The van der Waals surface area contributed by atoms with Crippen molar-refractivity contribution in [1.29, 1.82) is 0 Å². The van der Waals surface area contributed by atoms with E-state index < -0.39 is 29.6 Å². The van der Waals surface area contributed by atoms with Gasteiger partial charge in [-0.3, -0.25) is 4.90 Å². The van der Waals surface area contributed by atoms with Crippen LogP contribution in [0, 0.1) is 11.7 Å². The lowest BCUT2D eigenvalue weighted by atomic mass is 9.78. The number of aromatic hydroxyl groups is 1. The zero-order chi connectivity index (χ0) is 27.1. The van der Waals surface area contributed by atoms with Crippen LogP contribution in [0.3, 0.4) is 0 Å². The molecule has 4 N–H and O–H groups in total. The highest BCUT2D eigenvalue weighted by Crippen LogP contribution is 2.54. The first-order chi connectivity index (χ1) is 18.8. The quantitative estimate of drug-likeness (QED) is 0.312. The largest absolute Gasteiger partial charge is 0.508 e. The number of aliphatic hydroxyl groups excluding tert-OH is 1. The lowest BCUT2D eigenvalue weighted by molar-refractivity contribution is 0.0159. The Labute approximate surface area is 222 Å². The highest BCUT2D eigenvalue weighted by molar-refractivity contribution is 6.00. The van der Waals surface area contributed by atoms with E-state index in [1.807, 2.05) is 24.3 Å². The topological polar surface area (TPSA) is 128 Å². The number of carboxylic acid groups (broad SMARTS) is 1. The average molecular weight is 531 g/mol. The number of halogens is 1. The molecular weight excluding hydrogens is 503 g/mol. The molecule has 39 heavy (non-hydrogen) atoms. The molecule has 2 saturated heterocycles. The van der Waals surface area contributed by atoms with Crippen LogP contribution in [0.25, 0.3) is 32.8 Å². The molecule has 3 fully saturated rings. The van der Waals surface area contributed by atoms with Gasteiger partial charge in [-0.05, 0) is 47.2 Å². The summed E-state index contributed by atoms with van der Waals surface area (Å²) in [4.78, 5) is 23.0. The van der Waals surface area contributed by atoms with Gasteiger partial charge in [0.2, 0.25) is 0 Å². The summed E-state index contributed by atoms with van der Waals surface area (Å²) in [6, 6.07) is 12.8. The highest BCUT2D eigenvalue weighted by atomic mass is 19.1. The normalized spacial score (nSPS) is 26.3. The number of carbonyl (C=O) groups is 1. The molecule has 3 aliphatic rings. The predicted octanol–water partition coefficient (Wildman–Crippen LogP) is 3.99. The number of ether oxygens (including phenoxy) is 1. The summed E-state index contributed by atoms with van der Waals surface area (Å²) in [6.45, 7) is 0.333. The van der Waals surface area contributed by atoms with E-state index >= 15 is 4.39 Å². The molecule has 9 nitrogen and oxygen atoms in total. The molecule has 3 heterocycles. The van der Waals surface area contributed by atoms with E-state index in [0.29, 0.717) is 23.2 Å². The molecule has 1 saturated carbocycles. The molecule has 4 aromatic rings. The number of nitrogens with one attached hydrogen (secondary N) is 1. The first-order valence-electron chi connectivity index (χ1n) is 13.0. The summed E-state index contributed by atoms with van der Waals surface area (Å²) in [6.07, 6.45) is -0.0734. The predicted molar refractivity (Wildman–Crippen MR) is 141 cm³/mol. The Balaban J connectivity index is 1.51. The molecule has 1 amide bonds. The molecule has 4 unspecified atom stereocenters. The number of amides is 1. The Morgan fingerprint density at radius 2 is 1.92 bits per heavy atom. The van der Waals surface area contributed by atoms with Crippen molar-refractivity contribution in [2.75, 3.05) is 13.7 Å². The van der Waals surface area contributed by atoms with Crippen LogP contribution in [0.4, 0.5) is 9.18 Å². The molecule has 1 aromatic heterocycles. The van der Waals surface area contributed by atoms with Gasteiger partial charge in [-0.2, -0.15) is 9.97 Å². The van der Waals surface area contributed by atoms with Crippen LogP contribution in [0.15, 0.2) is 48.5 Å². The lowest BCUT2D eigenvalue weighted by Gasteiger charge is -2.49. The van der Waals surface area contributed by atoms with E-state index in [4.69, 9.17) is 4.74 Å². The Hall–Kier alpha value is -4.02. The van der Waals surface area contributed by atoms with Crippen molar-refractivity contribution in [2.45, 2.75) is 43.0 Å². The van der Waals surface area contributed by atoms with E-state index in [2.05, 4.69) is 15.3 Å². The summed E-state index contributed by atoms with van der Waals surface area (Å²) in [5.74, 6) is -0.422. The van der Waals surface area contributed by atoms with Gasteiger partial charge in [-0.25, -0.2) is 9.18 Å². The number of benzene rings is 3. The number of aromatic nitrogens is 2. The van der Waals surface area contributed by atoms with Gasteiger partial charge in [0, 0.05) is 30.0 Å². The number of aliphatic hydroxyl groups is 1. The summed E-state index contributed by atoms with van der Waals surface area (Å²) in [7, 11) is 1.38. The smallest absolute Gasteiger partial charge is 0.408 e. The van der Waals surface area contributed by atoms with Crippen LogP contribution < -0.4 is 10.1 Å². The second-order valence-electron chi connectivity index (χ2n) is 10.7. The van der Waals surface area contributed by atoms with E-state index in [1.165, 1.54) is 18.1 Å². The fourth-order valence-electron chi connectivity index (χ4n) is 6.89. The molecule has 2 aliphatic heterocycles. The maximum Gasteiger partial charge on any atom is 0.408 e. The van der Waals surface area contributed by atoms with Crippen LogP contribution in [-0.2, 0) is 5.54 Å². The molecular formula is C29H27FN4O5. The average Bonchev–Trinajstić information content (AvgIpc) is 3.74. The van der Waals surface area contributed by atoms with Crippen molar-refractivity contribution in [3.63, 3.8) is 0 Å². The molecule has 2 bridgehead atoms. The number of rotatable bonds is 4. The first kappa shape index (κ1) is 24.1. The minimum Gasteiger partial charge on any atom is -0.508 e. The Morgan fingerprint density at radius 3 is 2.67 bits per heavy atom. The van der Waals surface area contributed by atoms with Crippen LogP contribution in [0.1, 0.15) is 25.0 Å². The van der Waals surface area contributed by atoms with Crippen molar-refractivity contribution >= 4 is 27.8 Å². The van der Waals surface area contributed by atoms with Gasteiger partial charge in [-0.1, -0.05) is 36.4 Å². The standard InChI is InChI=1S/C29H27FN4O5/c1-39-27-32-24-19(9-8-18(23(24)30)20-11-16(35)10-15-4-2-3-5-17(15)20)26(33-27)29-12-22(36)21(34(29)28(37)38)13-31-25(29)14-6-7-14/h2-5,8-11,14,21-22,25,31,35-36H,6-7,12-13H2,1H3,(H,37,38). The minimum atomic E-state index is -1.23. The number of piperazine rings is 1. The van der Waals surface area contributed by atoms with Crippen molar-refractivity contribution in [3.05, 3.63) is 60.0 Å². The Kier molecular flexibility index (Phi) is 5.24. The molecule has 0 spiro atoms. The van der Waals surface area contributed by atoms with E-state index in [0.717, 1.165) is 23.6 Å². The number of nitrogens with zero attached hydrogens (tertiary/aromatic N) is 3. The van der Waals surface area contributed by atoms with Crippen molar-refractivity contribution < 1.29 is 29.2 Å². The third-order valence-electron chi connectivity index (χ3n) is 8.60.